The van der Waals surface area contributed by atoms with Crippen LogP contribution in [-0.2, 0) is 11.2 Å². The molecule has 0 fully saturated rings. The molecule has 98 valence electrons. The fourth-order valence-corrected chi connectivity index (χ4v) is 2.15. The number of carbonyl (C=O) groups excluding carboxylic acids is 1. The van der Waals surface area contributed by atoms with Crippen LogP contribution in [0.4, 0.5) is 0 Å². The Morgan fingerprint density at radius 3 is 3.11 bits per heavy atom. The minimum Gasteiger partial charge on any atom is -0.497 e. The molecule has 0 atom stereocenters. The molecule has 1 aromatic heterocycles. The van der Waals surface area contributed by atoms with Gasteiger partial charge in [0.25, 0.3) is 0 Å². The summed E-state index contributed by atoms with van der Waals surface area (Å²) in [6.45, 7) is 0. The Bertz CT molecular complexity index is 565. The van der Waals surface area contributed by atoms with Gasteiger partial charge in [-0.15, -0.1) is 0 Å². The largest absolute Gasteiger partial charge is 0.497 e. The van der Waals surface area contributed by atoms with Crippen molar-refractivity contribution >= 4 is 23.5 Å². The summed E-state index contributed by atoms with van der Waals surface area (Å²) in [6.07, 6.45) is 1.90. The van der Waals surface area contributed by atoms with Gasteiger partial charge in [0.2, 0.25) is 5.91 Å². The van der Waals surface area contributed by atoms with Gasteiger partial charge >= 0.3 is 0 Å². The fraction of sp³-hybridized carbons (Fsp3) is 0.143. The van der Waals surface area contributed by atoms with Crippen molar-refractivity contribution in [1.29, 1.82) is 0 Å². The lowest BCUT2D eigenvalue weighted by atomic mass is 10.1. The Hall–Kier alpha value is -2.14. The number of rotatable bonds is 5. The summed E-state index contributed by atoms with van der Waals surface area (Å²) in [7, 11) is 1.60. The Morgan fingerprint density at radius 2 is 2.37 bits per heavy atom. The molecule has 2 aromatic rings. The lowest BCUT2D eigenvalue weighted by molar-refractivity contribution is -0.120. The third-order valence-electron chi connectivity index (χ3n) is 2.44. The van der Waals surface area contributed by atoms with E-state index in [2.05, 4.69) is 10.5 Å². The van der Waals surface area contributed by atoms with E-state index in [-0.39, 0.29) is 12.3 Å². The predicted octanol–water partition coefficient (Wildman–Crippen LogP) is 2.45. The second-order valence-corrected chi connectivity index (χ2v) is 4.66. The van der Waals surface area contributed by atoms with Crippen LogP contribution in [0.5, 0.6) is 5.75 Å². The lowest BCUT2D eigenvalue weighted by Gasteiger charge is -2.03. The van der Waals surface area contributed by atoms with Crippen molar-refractivity contribution in [3.05, 3.63) is 52.2 Å². The second-order valence-electron chi connectivity index (χ2n) is 3.88. The number of nitrogens with one attached hydrogen (secondary N) is 1. The summed E-state index contributed by atoms with van der Waals surface area (Å²) >= 11 is 1.59. The maximum Gasteiger partial charge on any atom is 0.244 e. The van der Waals surface area contributed by atoms with Gasteiger partial charge in [0.15, 0.2) is 0 Å². The third kappa shape index (κ3) is 4.22. The van der Waals surface area contributed by atoms with E-state index in [1.54, 1.807) is 24.7 Å². The van der Waals surface area contributed by atoms with Crippen molar-refractivity contribution in [2.45, 2.75) is 6.42 Å². The molecule has 5 heteroatoms. The highest BCUT2D eigenvalue weighted by atomic mass is 32.1. The average molecular weight is 274 g/mol. The first kappa shape index (κ1) is 13.3. The Morgan fingerprint density at radius 1 is 1.47 bits per heavy atom. The van der Waals surface area contributed by atoms with Crippen molar-refractivity contribution in [3.8, 4) is 5.75 Å². The summed E-state index contributed by atoms with van der Waals surface area (Å²) in [4.78, 5) is 11.7. The molecule has 1 N–H and O–H groups in total. The number of nitrogens with zero attached hydrogens (tertiary/aromatic N) is 1. The number of hydrazone groups is 1. The Kier molecular flexibility index (Phi) is 4.69. The normalized spacial score (nSPS) is 10.6. The summed E-state index contributed by atoms with van der Waals surface area (Å²) in [5.74, 6) is 0.590. The fourth-order valence-electron chi connectivity index (χ4n) is 1.53. The molecule has 2 rings (SSSR count). The van der Waals surface area contributed by atoms with Gasteiger partial charge in [0.1, 0.15) is 5.75 Å². The first-order valence-corrected chi connectivity index (χ1v) is 6.69. The molecule has 0 spiro atoms. The number of benzene rings is 1. The van der Waals surface area contributed by atoms with Gasteiger partial charge in [0, 0.05) is 5.56 Å². The van der Waals surface area contributed by atoms with Crippen LogP contribution in [0, 0.1) is 0 Å². The maximum atomic E-state index is 11.7. The van der Waals surface area contributed by atoms with Crippen molar-refractivity contribution in [2.75, 3.05) is 7.11 Å². The lowest BCUT2D eigenvalue weighted by Crippen LogP contribution is -2.19. The van der Waals surface area contributed by atoms with E-state index in [1.165, 1.54) is 0 Å². The average Bonchev–Trinajstić information content (AvgIpc) is 2.92. The van der Waals surface area contributed by atoms with Gasteiger partial charge in [-0.25, -0.2) is 5.43 Å². The number of amides is 1. The predicted molar refractivity (Wildman–Crippen MR) is 76.8 cm³/mol. The minimum absolute atomic E-state index is 0.153. The van der Waals surface area contributed by atoms with Crippen LogP contribution in [0.1, 0.15) is 11.1 Å². The monoisotopic (exact) mass is 274 g/mol. The molecule has 0 unspecified atom stereocenters. The topological polar surface area (TPSA) is 50.7 Å². The van der Waals surface area contributed by atoms with E-state index in [0.29, 0.717) is 0 Å². The zero-order valence-electron chi connectivity index (χ0n) is 10.5. The SMILES string of the molecule is COc1cccc(CC(=O)N/N=C/c2ccsc2)c1. The van der Waals surface area contributed by atoms with Gasteiger partial charge in [-0.1, -0.05) is 12.1 Å². The highest BCUT2D eigenvalue weighted by molar-refractivity contribution is 7.08. The van der Waals surface area contributed by atoms with Crippen LogP contribution in [0.2, 0.25) is 0 Å². The van der Waals surface area contributed by atoms with Crippen molar-refractivity contribution in [2.24, 2.45) is 5.10 Å². The van der Waals surface area contributed by atoms with Crippen LogP contribution in [0.3, 0.4) is 0 Å². The van der Waals surface area contributed by atoms with E-state index < -0.39 is 0 Å². The molecule has 1 heterocycles. The smallest absolute Gasteiger partial charge is 0.244 e. The molecule has 0 saturated heterocycles. The first-order chi connectivity index (χ1) is 9.28. The number of carbonyl (C=O) groups is 1. The van der Waals surface area contributed by atoms with Crippen LogP contribution in [0.15, 0.2) is 46.2 Å². The number of methoxy groups -OCH3 is 1. The summed E-state index contributed by atoms with van der Waals surface area (Å²) in [5.41, 5.74) is 4.37. The van der Waals surface area contributed by atoms with Crippen LogP contribution >= 0.6 is 11.3 Å². The van der Waals surface area contributed by atoms with E-state index in [1.807, 2.05) is 41.1 Å². The first-order valence-electron chi connectivity index (χ1n) is 5.75. The van der Waals surface area contributed by atoms with E-state index in [0.717, 1.165) is 16.9 Å². The molecular weight excluding hydrogens is 260 g/mol. The number of thiophene rings is 1. The van der Waals surface area contributed by atoms with Crippen LogP contribution in [-0.4, -0.2) is 19.2 Å². The summed E-state index contributed by atoms with van der Waals surface area (Å²) < 4.78 is 5.11. The molecule has 0 bridgehead atoms. The van der Waals surface area contributed by atoms with Crippen LogP contribution in [0.25, 0.3) is 0 Å². The molecule has 0 saturated carbocycles. The maximum absolute atomic E-state index is 11.7. The van der Waals surface area contributed by atoms with E-state index in [4.69, 9.17) is 4.74 Å². The molecule has 19 heavy (non-hydrogen) atoms. The zero-order valence-corrected chi connectivity index (χ0v) is 11.3. The van der Waals surface area contributed by atoms with Gasteiger partial charge < -0.3 is 4.74 Å². The van der Waals surface area contributed by atoms with Crippen molar-refractivity contribution < 1.29 is 9.53 Å². The van der Waals surface area contributed by atoms with E-state index >= 15 is 0 Å². The number of hydrogen-bond donors (Lipinski definition) is 1. The molecule has 0 aliphatic heterocycles. The van der Waals surface area contributed by atoms with Crippen LogP contribution < -0.4 is 10.2 Å². The Labute approximate surface area is 115 Å². The van der Waals surface area contributed by atoms with Gasteiger partial charge in [-0.05, 0) is 34.5 Å². The molecule has 1 amide bonds. The molecule has 0 aliphatic rings. The standard InChI is InChI=1S/C14H14N2O2S/c1-18-13-4-2-3-11(7-13)8-14(17)16-15-9-12-5-6-19-10-12/h2-7,9-10H,8H2,1H3,(H,16,17)/b15-9+. The van der Waals surface area contributed by atoms with E-state index in [9.17, 15) is 4.79 Å². The summed E-state index contributed by atoms with van der Waals surface area (Å²) in [5, 5.41) is 7.82. The minimum atomic E-state index is -0.153. The highest BCUT2D eigenvalue weighted by Gasteiger charge is 2.03. The molecular formula is C14H14N2O2S. The van der Waals surface area contributed by atoms with Gasteiger partial charge in [-0.3, -0.25) is 4.79 Å². The van der Waals surface area contributed by atoms with Crippen molar-refractivity contribution in [1.82, 2.24) is 5.43 Å². The molecule has 4 nitrogen and oxygen atoms in total. The number of ether oxygens (including phenoxy) is 1. The molecule has 1 aromatic carbocycles. The zero-order chi connectivity index (χ0) is 13.5. The molecule has 0 aliphatic carbocycles. The quantitative estimate of drug-likeness (QED) is 0.672. The Balaban J connectivity index is 1.87. The highest BCUT2D eigenvalue weighted by Crippen LogP contribution is 2.12. The molecule has 0 radical (unpaired) electrons. The number of hydrogen-bond acceptors (Lipinski definition) is 4. The van der Waals surface area contributed by atoms with Crippen molar-refractivity contribution in [3.63, 3.8) is 0 Å². The third-order valence-corrected chi connectivity index (χ3v) is 3.15. The summed E-state index contributed by atoms with van der Waals surface area (Å²) in [6, 6.07) is 9.35. The second kappa shape index (κ2) is 6.70. The van der Waals surface area contributed by atoms with Gasteiger partial charge in [-0.2, -0.15) is 16.4 Å². The van der Waals surface area contributed by atoms with Gasteiger partial charge in [0.05, 0.1) is 19.7 Å².